The molecule has 3 aromatic rings. The van der Waals surface area contributed by atoms with Gasteiger partial charge in [-0.05, 0) is 66.7 Å². The van der Waals surface area contributed by atoms with E-state index in [1.54, 1.807) is 43.5 Å². The van der Waals surface area contributed by atoms with Crippen LogP contribution in [-0.2, 0) is 6.18 Å². The van der Waals surface area contributed by atoms with E-state index in [-0.39, 0.29) is 16.3 Å². The molecule has 0 unspecified atom stereocenters. The van der Waals surface area contributed by atoms with Crippen LogP contribution in [0, 0.1) is 0 Å². The predicted molar refractivity (Wildman–Crippen MR) is 104 cm³/mol. The Kier molecular flexibility index (Phi) is 5.98. The first-order chi connectivity index (χ1) is 13.8. The van der Waals surface area contributed by atoms with Gasteiger partial charge in [0.2, 0.25) is 0 Å². The van der Waals surface area contributed by atoms with Crippen molar-refractivity contribution < 1.29 is 27.4 Å². The van der Waals surface area contributed by atoms with Crippen molar-refractivity contribution in [2.24, 2.45) is 0 Å². The minimum absolute atomic E-state index is 0.00538. The number of amides is 1. The first-order valence-electron chi connectivity index (χ1n) is 8.36. The second-order valence-corrected chi connectivity index (χ2v) is 6.36. The SMILES string of the molecule is COc1ccc(Oc2ccc(C(=O)Nc3cc(C(F)(F)F)ccc3Cl)cc2)cc1. The molecule has 0 aromatic heterocycles. The van der Waals surface area contributed by atoms with Gasteiger partial charge in [0.05, 0.1) is 23.4 Å². The fraction of sp³-hybridized carbons (Fsp3) is 0.0952. The molecular formula is C21H15ClF3NO3. The van der Waals surface area contributed by atoms with Crippen LogP contribution in [0.1, 0.15) is 15.9 Å². The molecule has 1 N–H and O–H groups in total. The Morgan fingerprint density at radius 3 is 2.00 bits per heavy atom. The van der Waals surface area contributed by atoms with Crippen LogP contribution < -0.4 is 14.8 Å². The number of alkyl halides is 3. The smallest absolute Gasteiger partial charge is 0.416 e. The van der Waals surface area contributed by atoms with Crippen LogP contribution in [0.4, 0.5) is 18.9 Å². The Morgan fingerprint density at radius 1 is 0.897 bits per heavy atom. The molecule has 0 saturated heterocycles. The number of carbonyl (C=O) groups excluding carboxylic acids is 1. The van der Waals surface area contributed by atoms with Crippen molar-refractivity contribution in [2.45, 2.75) is 6.18 Å². The molecule has 0 spiro atoms. The van der Waals surface area contributed by atoms with Gasteiger partial charge in [-0.1, -0.05) is 11.6 Å². The van der Waals surface area contributed by atoms with Crippen molar-refractivity contribution >= 4 is 23.2 Å². The summed E-state index contributed by atoms with van der Waals surface area (Å²) in [5.74, 6) is 1.17. The maximum Gasteiger partial charge on any atom is 0.416 e. The summed E-state index contributed by atoms with van der Waals surface area (Å²) in [4.78, 5) is 12.4. The van der Waals surface area contributed by atoms with Crippen molar-refractivity contribution in [3.8, 4) is 17.2 Å². The van der Waals surface area contributed by atoms with Crippen LogP contribution in [0.2, 0.25) is 5.02 Å². The predicted octanol–water partition coefficient (Wildman–Crippen LogP) is 6.41. The van der Waals surface area contributed by atoms with Crippen molar-refractivity contribution in [2.75, 3.05) is 12.4 Å². The molecule has 150 valence electrons. The first-order valence-corrected chi connectivity index (χ1v) is 8.74. The minimum atomic E-state index is -4.54. The molecule has 0 heterocycles. The Hall–Kier alpha value is -3.19. The molecule has 8 heteroatoms. The number of ether oxygens (including phenoxy) is 2. The van der Waals surface area contributed by atoms with E-state index in [4.69, 9.17) is 21.1 Å². The summed E-state index contributed by atoms with van der Waals surface area (Å²) in [6.07, 6.45) is -4.54. The molecule has 0 atom stereocenters. The lowest BCUT2D eigenvalue weighted by molar-refractivity contribution is -0.137. The Labute approximate surface area is 169 Å². The van der Waals surface area contributed by atoms with Crippen LogP contribution in [-0.4, -0.2) is 13.0 Å². The normalized spacial score (nSPS) is 11.1. The summed E-state index contributed by atoms with van der Waals surface area (Å²) in [6, 6.07) is 15.8. The number of methoxy groups -OCH3 is 1. The zero-order chi connectivity index (χ0) is 21.0. The summed E-state index contributed by atoms with van der Waals surface area (Å²) in [7, 11) is 1.56. The third-order valence-corrected chi connectivity index (χ3v) is 4.28. The van der Waals surface area contributed by atoms with E-state index in [1.165, 1.54) is 12.1 Å². The Bertz CT molecular complexity index is 1000. The molecule has 0 aliphatic carbocycles. The molecule has 0 aliphatic heterocycles. The third-order valence-electron chi connectivity index (χ3n) is 3.95. The number of carbonyl (C=O) groups is 1. The second-order valence-electron chi connectivity index (χ2n) is 5.95. The van der Waals surface area contributed by atoms with Crippen molar-refractivity contribution in [3.05, 3.63) is 82.9 Å². The topological polar surface area (TPSA) is 47.6 Å². The number of hydrogen-bond donors (Lipinski definition) is 1. The molecule has 1 amide bonds. The van der Waals surface area contributed by atoms with E-state index < -0.39 is 17.6 Å². The van der Waals surface area contributed by atoms with Gasteiger partial charge in [-0.15, -0.1) is 0 Å². The van der Waals surface area contributed by atoms with E-state index in [1.807, 2.05) is 0 Å². The molecular weight excluding hydrogens is 407 g/mol. The molecule has 3 aromatic carbocycles. The summed E-state index contributed by atoms with van der Waals surface area (Å²) >= 11 is 5.90. The van der Waals surface area contributed by atoms with E-state index >= 15 is 0 Å². The van der Waals surface area contributed by atoms with E-state index in [2.05, 4.69) is 5.32 Å². The van der Waals surface area contributed by atoms with Crippen LogP contribution in [0.3, 0.4) is 0 Å². The number of halogens is 4. The summed E-state index contributed by atoms with van der Waals surface area (Å²) < 4.78 is 49.3. The van der Waals surface area contributed by atoms with Gasteiger partial charge in [-0.2, -0.15) is 13.2 Å². The number of rotatable bonds is 5. The van der Waals surface area contributed by atoms with E-state index in [0.29, 0.717) is 17.2 Å². The summed E-state index contributed by atoms with van der Waals surface area (Å²) in [6.45, 7) is 0. The average Bonchev–Trinajstić information content (AvgIpc) is 2.70. The molecule has 0 radical (unpaired) electrons. The lowest BCUT2D eigenvalue weighted by atomic mass is 10.1. The lowest BCUT2D eigenvalue weighted by Gasteiger charge is -2.12. The van der Waals surface area contributed by atoms with Gasteiger partial charge in [-0.25, -0.2) is 0 Å². The van der Waals surface area contributed by atoms with Gasteiger partial charge >= 0.3 is 6.18 Å². The first kappa shape index (κ1) is 20.5. The Balaban J connectivity index is 1.70. The van der Waals surface area contributed by atoms with Crippen LogP contribution >= 0.6 is 11.6 Å². The van der Waals surface area contributed by atoms with E-state index in [0.717, 1.165) is 18.2 Å². The highest BCUT2D eigenvalue weighted by atomic mass is 35.5. The monoisotopic (exact) mass is 421 g/mol. The molecule has 0 saturated carbocycles. The summed E-state index contributed by atoms with van der Waals surface area (Å²) in [5.41, 5.74) is -0.786. The number of hydrogen-bond acceptors (Lipinski definition) is 3. The molecule has 3 rings (SSSR count). The maximum atomic E-state index is 12.8. The van der Waals surface area contributed by atoms with Gasteiger partial charge in [0.25, 0.3) is 5.91 Å². The van der Waals surface area contributed by atoms with Crippen LogP contribution in [0.25, 0.3) is 0 Å². The van der Waals surface area contributed by atoms with Crippen molar-refractivity contribution in [1.82, 2.24) is 0 Å². The fourth-order valence-corrected chi connectivity index (χ4v) is 2.61. The quantitative estimate of drug-likeness (QED) is 0.517. The largest absolute Gasteiger partial charge is 0.497 e. The molecule has 0 bridgehead atoms. The van der Waals surface area contributed by atoms with Crippen molar-refractivity contribution in [3.63, 3.8) is 0 Å². The highest BCUT2D eigenvalue weighted by Gasteiger charge is 2.31. The maximum absolute atomic E-state index is 12.8. The van der Waals surface area contributed by atoms with Gasteiger partial charge in [0.15, 0.2) is 0 Å². The van der Waals surface area contributed by atoms with Gasteiger partial charge in [0.1, 0.15) is 17.2 Å². The summed E-state index contributed by atoms with van der Waals surface area (Å²) in [5, 5.41) is 2.40. The molecule has 4 nitrogen and oxygen atoms in total. The highest BCUT2D eigenvalue weighted by Crippen LogP contribution is 2.34. The average molecular weight is 422 g/mol. The molecule has 0 fully saturated rings. The van der Waals surface area contributed by atoms with Gasteiger partial charge in [0, 0.05) is 5.56 Å². The number of anilines is 1. The van der Waals surface area contributed by atoms with Gasteiger partial charge < -0.3 is 14.8 Å². The fourth-order valence-electron chi connectivity index (χ4n) is 2.45. The second kappa shape index (κ2) is 8.45. The molecule has 0 aliphatic rings. The lowest BCUT2D eigenvalue weighted by Crippen LogP contribution is -2.13. The zero-order valence-electron chi connectivity index (χ0n) is 15.1. The van der Waals surface area contributed by atoms with E-state index in [9.17, 15) is 18.0 Å². The van der Waals surface area contributed by atoms with Crippen LogP contribution in [0.5, 0.6) is 17.2 Å². The molecule has 29 heavy (non-hydrogen) atoms. The zero-order valence-corrected chi connectivity index (χ0v) is 15.8. The Morgan fingerprint density at radius 2 is 1.45 bits per heavy atom. The van der Waals surface area contributed by atoms with Crippen molar-refractivity contribution in [1.29, 1.82) is 0 Å². The van der Waals surface area contributed by atoms with Crippen LogP contribution in [0.15, 0.2) is 66.7 Å². The number of nitrogens with one attached hydrogen (secondary N) is 1. The highest BCUT2D eigenvalue weighted by molar-refractivity contribution is 6.34. The van der Waals surface area contributed by atoms with Gasteiger partial charge in [-0.3, -0.25) is 4.79 Å². The number of benzene rings is 3. The minimum Gasteiger partial charge on any atom is -0.497 e. The third kappa shape index (κ3) is 5.20. The standard InChI is InChI=1S/C21H15ClF3NO3/c1-28-15-7-9-17(10-8-15)29-16-5-2-13(3-6-16)20(27)26-19-12-14(21(23,24)25)4-11-18(19)22/h2-12H,1H3,(H,26,27).